The van der Waals surface area contributed by atoms with Gasteiger partial charge >= 0.3 is 0 Å². The Morgan fingerprint density at radius 2 is 1.97 bits per heavy atom. The third kappa shape index (κ3) is 4.44. The molecule has 0 bridgehead atoms. The highest BCUT2D eigenvalue weighted by Gasteiger charge is 2.17. The molecule has 0 fully saturated rings. The first-order chi connectivity index (χ1) is 14.1. The Morgan fingerprint density at radius 3 is 2.69 bits per heavy atom. The van der Waals surface area contributed by atoms with Gasteiger partial charge in [0.25, 0.3) is 0 Å². The molecule has 5 nitrogen and oxygen atoms in total. The van der Waals surface area contributed by atoms with Crippen molar-refractivity contribution in [3.8, 4) is 17.0 Å². The molecular formula is C21H18FN3O2S2. The summed E-state index contributed by atoms with van der Waals surface area (Å²) in [5.74, 6) is 1.65. The number of thioether (sulfide) groups is 1. The van der Waals surface area contributed by atoms with Crippen molar-refractivity contribution < 1.29 is 13.9 Å². The lowest BCUT2D eigenvalue weighted by Crippen LogP contribution is -2.14. The average molecular weight is 428 g/mol. The minimum absolute atomic E-state index is 0.0950. The van der Waals surface area contributed by atoms with Gasteiger partial charge < -0.3 is 10.1 Å². The van der Waals surface area contributed by atoms with E-state index in [1.165, 1.54) is 23.5 Å². The topological polar surface area (TPSA) is 55.6 Å². The number of carbonyl (C=O) groups is 1. The number of thiazole rings is 1. The Kier molecular flexibility index (Phi) is 5.82. The van der Waals surface area contributed by atoms with Crippen molar-refractivity contribution >= 4 is 39.8 Å². The van der Waals surface area contributed by atoms with E-state index in [0.29, 0.717) is 23.7 Å². The molecule has 0 aliphatic heterocycles. The van der Waals surface area contributed by atoms with Crippen LogP contribution in [-0.2, 0) is 4.79 Å². The second kappa shape index (κ2) is 8.67. The molecule has 0 aliphatic carbocycles. The summed E-state index contributed by atoms with van der Waals surface area (Å²) in [6, 6.07) is 13.8. The number of hydrogen-bond donors (Lipinski definition) is 1. The van der Waals surface area contributed by atoms with Gasteiger partial charge in [0.15, 0.2) is 4.96 Å². The van der Waals surface area contributed by atoms with E-state index in [-0.39, 0.29) is 11.7 Å². The van der Waals surface area contributed by atoms with Crippen LogP contribution in [0.2, 0.25) is 0 Å². The number of imidazole rings is 1. The Balaban J connectivity index is 1.45. The zero-order valence-electron chi connectivity index (χ0n) is 15.6. The van der Waals surface area contributed by atoms with Crippen LogP contribution in [0.25, 0.3) is 16.2 Å². The van der Waals surface area contributed by atoms with Crippen LogP contribution in [0.15, 0.2) is 65.0 Å². The van der Waals surface area contributed by atoms with Crippen molar-refractivity contribution in [2.75, 3.05) is 18.2 Å². The van der Waals surface area contributed by atoms with E-state index in [4.69, 9.17) is 4.74 Å². The number of ether oxygens (including phenoxy) is 1. The largest absolute Gasteiger partial charge is 0.497 e. The van der Waals surface area contributed by atoms with Crippen LogP contribution >= 0.6 is 23.1 Å². The maximum absolute atomic E-state index is 13.3. The molecule has 0 unspecified atom stereocenters. The molecule has 8 heteroatoms. The second-order valence-electron chi connectivity index (χ2n) is 6.19. The summed E-state index contributed by atoms with van der Waals surface area (Å²) in [6.07, 6.45) is 2.22. The molecule has 1 amide bonds. The molecule has 2 heterocycles. The molecule has 2 aromatic heterocycles. The third-order valence-electron chi connectivity index (χ3n) is 4.29. The molecule has 0 aliphatic rings. The van der Waals surface area contributed by atoms with Crippen LogP contribution in [0.5, 0.6) is 5.75 Å². The fourth-order valence-electron chi connectivity index (χ4n) is 2.84. The van der Waals surface area contributed by atoms with E-state index in [1.54, 1.807) is 31.0 Å². The lowest BCUT2D eigenvalue weighted by molar-refractivity contribution is -0.115. The van der Waals surface area contributed by atoms with Gasteiger partial charge in [0.05, 0.1) is 7.11 Å². The normalized spacial score (nSPS) is 11.0. The lowest BCUT2D eigenvalue weighted by Gasteiger charge is -2.08. The van der Waals surface area contributed by atoms with E-state index in [0.717, 1.165) is 21.2 Å². The number of nitrogens with one attached hydrogen (secondary N) is 1. The minimum atomic E-state index is -0.309. The Morgan fingerprint density at radius 1 is 1.21 bits per heavy atom. The molecule has 148 valence electrons. The van der Waals surface area contributed by atoms with Gasteiger partial charge in [0.1, 0.15) is 23.1 Å². The maximum Gasteiger partial charge on any atom is 0.226 e. The zero-order valence-corrected chi connectivity index (χ0v) is 17.2. The number of anilines is 1. The number of hydrogen-bond acceptors (Lipinski definition) is 5. The molecule has 0 saturated carbocycles. The van der Waals surface area contributed by atoms with Crippen molar-refractivity contribution in [3.63, 3.8) is 0 Å². The molecule has 0 saturated heterocycles. The summed E-state index contributed by atoms with van der Waals surface area (Å²) in [4.78, 5) is 19.0. The van der Waals surface area contributed by atoms with Gasteiger partial charge in [-0.25, -0.2) is 9.37 Å². The number of methoxy groups -OCH3 is 1. The van der Waals surface area contributed by atoms with E-state index < -0.39 is 0 Å². The fourth-order valence-corrected chi connectivity index (χ4v) is 4.41. The summed E-state index contributed by atoms with van der Waals surface area (Å²) in [5.41, 5.74) is 1.39. The fraction of sp³-hybridized carbons (Fsp3) is 0.143. The minimum Gasteiger partial charge on any atom is -0.497 e. The highest BCUT2D eigenvalue weighted by Crippen LogP contribution is 2.31. The highest BCUT2D eigenvalue weighted by atomic mass is 32.2. The van der Waals surface area contributed by atoms with Gasteiger partial charge in [-0.15, -0.1) is 23.1 Å². The first-order valence-electron chi connectivity index (χ1n) is 8.92. The average Bonchev–Trinajstić information content (AvgIpc) is 3.32. The Labute approximate surface area is 175 Å². The molecular weight excluding hydrogens is 409 g/mol. The summed E-state index contributed by atoms with van der Waals surface area (Å²) >= 11 is 3.09. The van der Waals surface area contributed by atoms with Crippen molar-refractivity contribution in [2.45, 2.75) is 11.3 Å². The molecule has 1 N–H and O–H groups in total. The van der Waals surface area contributed by atoms with Crippen LogP contribution in [0.3, 0.4) is 0 Å². The van der Waals surface area contributed by atoms with Gasteiger partial charge in [-0.3, -0.25) is 9.20 Å². The standard InChI is InChI=1S/C21H18FN3O2S2/c1-27-16-6-8-17(9-7-16)28-12-10-18(26)23-20-19(14-2-4-15(22)5-3-14)24-21-25(20)11-13-29-21/h2-9,11,13H,10,12H2,1H3,(H,23,26). The number of amides is 1. The molecule has 2 aromatic carbocycles. The van der Waals surface area contributed by atoms with Crippen molar-refractivity contribution in [1.29, 1.82) is 0 Å². The molecule has 4 aromatic rings. The SMILES string of the molecule is COc1ccc(SCCC(=O)Nc2c(-c3ccc(F)cc3)nc3sccn23)cc1. The summed E-state index contributed by atoms with van der Waals surface area (Å²) in [5, 5.41) is 4.89. The number of aromatic nitrogens is 2. The number of carbonyl (C=O) groups excluding carboxylic acids is 1. The van der Waals surface area contributed by atoms with E-state index >= 15 is 0 Å². The van der Waals surface area contributed by atoms with E-state index in [9.17, 15) is 9.18 Å². The second-order valence-corrected chi connectivity index (χ2v) is 8.24. The first kappa shape index (κ1) is 19.5. The van der Waals surface area contributed by atoms with Gasteiger partial charge in [0.2, 0.25) is 5.91 Å². The van der Waals surface area contributed by atoms with Crippen molar-refractivity contribution in [3.05, 3.63) is 65.9 Å². The summed E-state index contributed by atoms with van der Waals surface area (Å²) in [7, 11) is 1.63. The number of halogens is 1. The zero-order chi connectivity index (χ0) is 20.2. The Hall–Kier alpha value is -2.84. The van der Waals surface area contributed by atoms with E-state index in [2.05, 4.69) is 10.3 Å². The van der Waals surface area contributed by atoms with Gasteiger partial charge in [0, 0.05) is 34.2 Å². The van der Waals surface area contributed by atoms with Gasteiger partial charge in [-0.1, -0.05) is 0 Å². The smallest absolute Gasteiger partial charge is 0.226 e. The third-order valence-corrected chi connectivity index (χ3v) is 6.07. The van der Waals surface area contributed by atoms with Crippen LogP contribution in [0.1, 0.15) is 6.42 Å². The van der Waals surface area contributed by atoms with Crippen LogP contribution in [0.4, 0.5) is 10.2 Å². The summed E-state index contributed by atoms with van der Waals surface area (Å²) < 4.78 is 20.3. The Bertz CT molecular complexity index is 1120. The summed E-state index contributed by atoms with van der Waals surface area (Å²) in [6.45, 7) is 0. The van der Waals surface area contributed by atoms with Crippen molar-refractivity contribution in [2.24, 2.45) is 0 Å². The van der Waals surface area contributed by atoms with Crippen LogP contribution in [0, 0.1) is 5.82 Å². The van der Waals surface area contributed by atoms with E-state index in [1.807, 2.05) is 40.2 Å². The number of benzene rings is 2. The van der Waals surface area contributed by atoms with Crippen molar-refractivity contribution in [1.82, 2.24) is 9.38 Å². The molecule has 29 heavy (non-hydrogen) atoms. The predicted octanol–water partition coefficient (Wildman–Crippen LogP) is 5.33. The first-order valence-corrected chi connectivity index (χ1v) is 10.8. The maximum atomic E-state index is 13.3. The van der Waals surface area contributed by atoms with Crippen LogP contribution < -0.4 is 10.1 Å². The molecule has 4 rings (SSSR count). The monoisotopic (exact) mass is 427 g/mol. The number of fused-ring (bicyclic) bond motifs is 1. The van der Waals surface area contributed by atoms with Gasteiger partial charge in [-0.05, 0) is 48.5 Å². The molecule has 0 spiro atoms. The van der Waals surface area contributed by atoms with Crippen LogP contribution in [-0.4, -0.2) is 28.2 Å². The lowest BCUT2D eigenvalue weighted by atomic mass is 10.1. The molecule has 0 atom stereocenters. The highest BCUT2D eigenvalue weighted by molar-refractivity contribution is 7.99. The quantitative estimate of drug-likeness (QED) is 0.405. The number of rotatable bonds is 7. The van der Waals surface area contributed by atoms with Gasteiger partial charge in [-0.2, -0.15) is 0 Å². The predicted molar refractivity (Wildman–Crippen MR) is 115 cm³/mol. The number of nitrogens with zero attached hydrogens (tertiary/aromatic N) is 2. The molecule has 0 radical (unpaired) electrons.